The molecule has 2 aliphatic heterocycles. The number of fused-ring (bicyclic) bond motifs is 4. The Bertz CT molecular complexity index is 1070. The summed E-state index contributed by atoms with van der Waals surface area (Å²) >= 11 is 0. The molecule has 2 atom stereocenters. The van der Waals surface area contributed by atoms with Crippen LogP contribution in [0.15, 0.2) is 36.4 Å². The quantitative estimate of drug-likeness (QED) is 0.522. The van der Waals surface area contributed by atoms with Crippen molar-refractivity contribution in [3.63, 3.8) is 0 Å². The summed E-state index contributed by atoms with van der Waals surface area (Å²) in [6.07, 6.45) is 0.851. The fraction of sp³-hybridized carbons (Fsp3) is 0.481. The molecular formula is C27H34N2O6. The van der Waals surface area contributed by atoms with Crippen LogP contribution >= 0.6 is 0 Å². The highest BCUT2D eigenvalue weighted by Crippen LogP contribution is 2.48. The van der Waals surface area contributed by atoms with Gasteiger partial charge in [0.1, 0.15) is 0 Å². The largest absolute Gasteiger partial charge is 0.493 e. The molecule has 0 saturated heterocycles. The molecule has 8 heteroatoms. The minimum absolute atomic E-state index is 0.0529. The summed E-state index contributed by atoms with van der Waals surface area (Å²) in [5, 5.41) is 3.08. The van der Waals surface area contributed by atoms with E-state index in [9.17, 15) is 9.59 Å². The fourth-order valence-electron chi connectivity index (χ4n) is 5.15. The maximum absolute atomic E-state index is 13.7. The van der Waals surface area contributed by atoms with Crippen LogP contribution in [0.2, 0.25) is 0 Å². The molecule has 0 aromatic heterocycles. The lowest BCUT2D eigenvalue weighted by molar-refractivity contribution is -0.140. The molecular weight excluding hydrogens is 448 g/mol. The third kappa shape index (κ3) is 4.86. The maximum Gasteiger partial charge on any atom is 0.254 e. The van der Waals surface area contributed by atoms with E-state index in [2.05, 4.69) is 5.32 Å². The second-order valence-corrected chi connectivity index (χ2v) is 8.58. The molecule has 4 rings (SSSR count). The zero-order valence-electron chi connectivity index (χ0n) is 20.8. The van der Waals surface area contributed by atoms with Crippen molar-refractivity contribution >= 4 is 11.8 Å². The first kappa shape index (κ1) is 25.0. The van der Waals surface area contributed by atoms with Gasteiger partial charge in [0.15, 0.2) is 17.8 Å². The first-order valence-electron chi connectivity index (χ1n) is 12.2. The van der Waals surface area contributed by atoms with Gasteiger partial charge < -0.3 is 29.2 Å². The Morgan fingerprint density at radius 2 is 1.74 bits per heavy atom. The van der Waals surface area contributed by atoms with Crippen LogP contribution in [0.25, 0.3) is 0 Å². The first-order chi connectivity index (χ1) is 17.0. The third-order valence-corrected chi connectivity index (χ3v) is 6.69. The number of nitrogens with one attached hydrogen (secondary N) is 1. The third-order valence-electron chi connectivity index (χ3n) is 6.69. The van der Waals surface area contributed by atoms with E-state index in [0.717, 1.165) is 16.7 Å². The van der Waals surface area contributed by atoms with Gasteiger partial charge in [0.05, 0.1) is 26.2 Å². The van der Waals surface area contributed by atoms with E-state index in [-0.39, 0.29) is 18.1 Å². The van der Waals surface area contributed by atoms with Crippen LogP contribution < -0.4 is 14.8 Å². The topological polar surface area (TPSA) is 86.3 Å². The molecule has 0 unspecified atom stereocenters. The Morgan fingerprint density at radius 1 is 1.06 bits per heavy atom. The number of hydrogen-bond acceptors (Lipinski definition) is 6. The number of amides is 2. The summed E-state index contributed by atoms with van der Waals surface area (Å²) in [5.41, 5.74) is 3.29. The van der Waals surface area contributed by atoms with Crippen molar-refractivity contribution in [1.29, 1.82) is 0 Å². The molecule has 8 nitrogen and oxygen atoms in total. The monoisotopic (exact) mass is 482 g/mol. The van der Waals surface area contributed by atoms with Crippen LogP contribution in [-0.4, -0.2) is 63.5 Å². The molecule has 188 valence electrons. The Balaban J connectivity index is 1.69. The van der Waals surface area contributed by atoms with E-state index in [1.807, 2.05) is 49.1 Å². The van der Waals surface area contributed by atoms with E-state index >= 15 is 0 Å². The van der Waals surface area contributed by atoms with Gasteiger partial charge in [-0.25, -0.2) is 0 Å². The molecule has 1 N–H and O–H groups in total. The highest BCUT2D eigenvalue weighted by molar-refractivity contribution is 6.01. The van der Waals surface area contributed by atoms with Gasteiger partial charge in [-0.2, -0.15) is 0 Å². The van der Waals surface area contributed by atoms with Gasteiger partial charge >= 0.3 is 0 Å². The molecule has 0 aliphatic carbocycles. The zero-order valence-corrected chi connectivity index (χ0v) is 20.8. The van der Waals surface area contributed by atoms with E-state index < -0.39 is 12.0 Å². The number of ether oxygens (including phenoxy) is 4. The molecule has 0 spiro atoms. The smallest absolute Gasteiger partial charge is 0.254 e. The zero-order chi connectivity index (χ0) is 24.9. The van der Waals surface area contributed by atoms with Crippen LogP contribution in [0.4, 0.5) is 0 Å². The predicted molar refractivity (Wildman–Crippen MR) is 131 cm³/mol. The molecule has 0 radical (unpaired) electrons. The summed E-state index contributed by atoms with van der Waals surface area (Å²) in [6.45, 7) is 5.84. The molecule has 2 aromatic carbocycles. The number of methoxy groups -OCH3 is 2. The number of carbonyl (C=O) groups excluding carboxylic acids is 2. The van der Waals surface area contributed by atoms with Crippen LogP contribution in [0.1, 0.15) is 59.3 Å². The summed E-state index contributed by atoms with van der Waals surface area (Å²) in [4.78, 5) is 29.0. The molecule has 0 fully saturated rings. The second kappa shape index (κ2) is 11.1. The van der Waals surface area contributed by atoms with Crippen LogP contribution in [0.5, 0.6) is 11.5 Å². The molecule has 2 amide bonds. The first-order valence-corrected chi connectivity index (χ1v) is 12.2. The van der Waals surface area contributed by atoms with E-state index in [1.165, 1.54) is 0 Å². The molecule has 0 saturated carbocycles. The predicted octanol–water partition coefficient (Wildman–Crippen LogP) is 3.45. The summed E-state index contributed by atoms with van der Waals surface area (Å²) in [5.74, 6) is 0.479. The van der Waals surface area contributed by atoms with Gasteiger partial charge in [-0.3, -0.25) is 9.59 Å². The van der Waals surface area contributed by atoms with E-state index in [4.69, 9.17) is 18.9 Å². The minimum atomic E-state index is -0.557. The van der Waals surface area contributed by atoms with Crippen molar-refractivity contribution in [2.45, 2.75) is 44.9 Å². The highest BCUT2D eigenvalue weighted by atomic mass is 16.7. The van der Waals surface area contributed by atoms with Crippen molar-refractivity contribution < 1.29 is 28.5 Å². The lowest BCUT2D eigenvalue weighted by atomic mass is 9.75. The summed E-state index contributed by atoms with van der Waals surface area (Å²) in [7, 11) is 3.19. The average Bonchev–Trinajstić information content (AvgIpc) is 2.88. The van der Waals surface area contributed by atoms with Crippen molar-refractivity contribution in [2.24, 2.45) is 0 Å². The maximum atomic E-state index is 13.7. The average molecular weight is 483 g/mol. The van der Waals surface area contributed by atoms with Gasteiger partial charge in [-0.1, -0.05) is 18.2 Å². The van der Waals surface area contributed by atoms with Crippen molar-refractivity contribution in [3.8, 4) is 11.5 Å². The Morgan fingerprint density at radius 3 is 2.43 bits per heavy atom. The van der Waals surface area contributed by atoms with Gasteiger partial charge in [-0.05, 0) is 55.2 Å². The number of benzene rings is 2. The second-order valence-electron chi connectivity index (χ2n) is 8.58. The van der Waals surface area contributed by atoms with Crippen molar-refractivity contribution in [3.05, 3.63) is 58.7 Å². The number of nitrogens with zero attached hydrogens (tertiary/aromatic N) is 1. The lowest BCUT2D eigenvalue weighted by Gasteiger charge is -2.45. The van der Waals surface area contributed by atoms with E-state index in [1.54, 1.807) is 20.3 Å². The number of hydrogen-bond donors (Lipinski definition) is 1. The standard InChI is InChI=1S/C27H34N2O6/c1-5-34-23(35-6-2)11-13-28-26(30)24-18-9-7-8-10-19(18)27(31)29-14-12-17-15-21(32-3)22(33-4)16-20(17)25(24)29/h7-10,15-16,23-25H,5-6,11-14H2,1-4H3,(H,28,30)/t24-,25-/m0/s1. The fourth-order valence-corrected chi connectivity index (χ4v) is 5.15. The van der Waals surface area contributed by atoms with Crippen molar-refractivity contribution in [1.82, 2.24) is 10.2 Å². The van der Waals surface area contributed by atoms with E-state index in [0.29, 0.717) is 56.2 Å². The summed E-state index contributed by atoms with van der Waals surface area (Å²) < 4.78 is 22.3. The SMILES string of the molecule is CCOC(CCNC(=O)[C@H]1c2ccccc2C(=O)N2CCc3cc(OC)c(OC)cc3[C@@H]12)OCC. The molecule has 0 bridgehead atoms. The molecule has 2 aromatic rings. The molecule has 35 heavy (non-hydrogen) atoms. The summed E-state index contributed by atoms with van der Waals surface area (Å²) in [6, 6.07) is 10.8. The molecule has 2 heterocycles. The number of rotatable bonds is 10. The van der Waals surface area contributed by atoms with Crippen LogP contribution in [0, 0.1) is 0 Å². The van der Waals surface area contributed by atoms with Crippen LogP contribution in [-0.2, 0) is 20.7 Å². The van der Waals surface area contributed by atoms with Gasteiger partial charge in [0, 0.05) is 38.3 Å². The highest BCUT2D eigenvalue weighted by Gasteiger charge is 2.46. The van der Waals surface area contributed by atoms with Gasteiger partial charge in [0.25, 0.3) is 5.91 Å². The Labute approximate surface area is 206 Å². The molecule has 2 aliphatic rings. The van der Waals surface area contributed by atoms with Gasteiger partial charge in [-0.15, -0.1) is 0 Å². The van der Waals surface area contributed by atoms with Gasteiger partial charge in [0.2, 0.25) is 5.91 Å². The van der Waals surface area contributed by atoms with Crippen molar-refractivity contribution in [2.75, 3.05) is 40.5 Å². The Kier molecular flexibility index (Phi) is 7.93. The minimum Gasteiger partial charge on any atom is -0.493 e. The normalized spacial score (nSPS) is 18.5. The Hall–Kier alpha value is -3.10. The number of carbonyl (C=O) groups is 2. The van der Waals surface area contributed by atoms with Crippen LogP contribution in [0.3, 0.4) is 0 Å². The lowest BCUT2D eigenvalue weighted by Crippen LogP contribution is -2.50.